The third-order valence-corrected chi connectivity index (χ3v) is 3.58. The van der Waals surface area contributed by atoms with E-state index in [0.717, 1.165) is 11.6 Å². The minimum absolute atomic E-state index is 0.165. The summed E-state index contributed by atoms with van der Waals surface area (Å²) in [6, 6.07) is 3.94. The molecule has 0 aliphatic heterocycles. The van der Waals surface area contributed by atoms with Crippen molar-refractivity contribution in [1.82, 2.24) is 0 Å². The zero-order valence-corrected chi connectivity index (χ0v) is 10.4. The van der Waals surface area contributed by atoms with Crippen LogP contribution in [0.1, 0.15) is 16.7 Å². The number of hydrogen-bond acceptors (Lipinski definition) is 2. The maximum Gasteiger partial charge on any atom is 0.417 e. The average molecular weight is 272 g/mol. The molecule has 0 amide bonds. The molecule has 1 N–H and O–H groups in total. The van der Waals surface area contributed by atoms with Gasteiger partial charge in [0.2, 0.25) is 0 Å². The molecular weight excluding hydrogens is 261 g/mol. The van der Waals surface area contributed by atoms with E-state index in [0.29, 0.717) is 5.56 Å². The molecule has 0 spiro atoms. The number of benzene rings is 1. The second-order valence-electron chi connectivity index (χ2n) is 4.00. The predicted molar refractivity (Wildman–Crippen MR) is 65.4 cm³/mol. The molecule has 0 saturated carbocycles. The molecule has 0 bridgehead atoms. The van der Waals surface area contributed by atoms with Gasteiger partial charge in [-0.05, 0) is 46.0 Å². The lowest BCUT2D eigenvalue weighted by molar-refractivity contribution is -0.137. The zero-order chi connectivity index (χ0) is 13.3. The number of aliphatic hydroxyl groups excluding tert-OH is 1. The summed E-state index contributed by atoms with van der Waals surface area (Å²) in [5, 5.41) is 12.5. The zero-order valence-electron chi connectivity index (χ0n) is 9.58. The van der Waals surface area contributed by atoms with Gasteiger partial charge < -0.3 is 5.11 Å². The van der Waals surface area contributed by atoms with Gasteiger partial charge in [-0.15, -0.1) is 0 Å². The van der Waals surface area contributed by atoms with Crippen LogP contribution in [0.25, 0.3) is 11.1 Å². The van der Waals surface area contributed by atoms with Crippen molar-refractivity contribution >= 4 is 11.3 Å². The minimum Gasteiger partial charge on any atom is -0.392 e. The van der Waals surface area contributed by atoms with E-state index >= 15 is 0 Å². The van der Waals surface area contributed by atoms with Crippen LogP contribution in [0.15, 0.2) is 29.0 Å². The summed E-state index contributed by atoms with van der Waals surface area (Å²) in [4.78, 5) is 0. The Morgan fingerprint density at radius 3 is 2.39 bits per heavy atom. The van der Waals surface area contributed by atoms with Crippen molar-refractivity contribution in [1.29, 1.82) is 0 Å². The highest BCUT2D eigenvalue weighted by Crippen LogP contribution is 2.39. The quantitative estimate of drug-likeness (QED) is 0.867. The molecule has 18 heavy (non-hydrogen) atoms. The summed E-state index contributed by atoms with van der Waals surface area (Å²) < 4.78 is 39.0. The first kappa shape index (κ1) is 13.1. The summed E-state index contributed by atoms with van der Waals surface area (Å²) in [5.41, 5.74) is 1.15. The Morgan fingerprint density at radius 1 is 1.17 bits per heavy atom. The molecule has 1 aromatic heterocycles. The van der Waals surface area contributed by atoms with Gasteiger partial charge >= 0.3 is 6.18 Å². The maximum absolute atomic E-state index is 13.0. The van der Waals surface area contributed by atoms with E-state index < -0.39 is 18.3 Å². The van der Waals surface area contributed by atoms with E-state index in [2.05, 4.69) is 0 Å². The third kappa shape index (κ3) is 2.42. The summed E-state index contributed by atoms with van der Waals surface area (Å²) in [6.45, 7) is 1.39. The van der Waals surface area contributed by atoms with E-state index in [1.807, 2.05) is 5.38 Å². The summed E-state index contributed by atoms with van der Waals surface area (Å²) in [7, 11) is 0. The molecule has 0 aliphatic rings. The normalized spacial score (nSPS) is 11.8. The van der Waals surface area contributed by atoms with Crippen LogP contribution in [0.5, 0.6) is 0 Å². The van der Waals surface area contributed by atoms with Crippen molar-refractivity contribution in [3.63, 3.8) is 0 Å². The molecule has 5 heteroatoms. The Bertz CT molecular complexity index is 558. The number of aliphatic hydroxyl groups is 1. The fraction of sp³-hybridized carbons (Fsp3) is 0.231. The molecule has 0 fully saturated rings. The highest BCUT2D eigenvalue weighted by atomic mass is 32.1. The number of thiophene rings is 1. The molecule has 0 saturated heterocycles. The van der Waals surface area contributed by atoms with Crippen LogP contribution in [0, 0.1) is 6.92 Å². The van der Waals surface area contributed by atoms with E-state index in [1.54, 1.807) is 12.3 Å². The topological polar surface area (TPSA) is 20.2 Å². The SMILES string of the molecule is Cc1cscc1-c1ccc(CO)cc1C(F)(F)F. The Morgan fingerprint density at radius 2 is 1.89 bits per heavy atom. The standard InChI is InChI=1S/C13H11F3OS/c1-8-6-18-7-11(8)10-3-2-9(5-17)4-12(10)13(14,15)16/h2-4,6-7,17H,5H2,1H3. The molecule has 1 nitrogen and oxygen atoms in total. The minimum atomic E-state index is -4.42. The molecular formula is C13H11F3OS. The molecule has 0 aliphatic carbocycles. The number of rotatable bonds is 2. The highest BCUT2D eigenvalue weighted by molar-refractivity contribution is 7.08. The smallest absolute Gasteiger partial charge is 0.392 e. The molecule has 1 aromatic carbocycles. The van der Waals surface area contributed by atoms with E-state index in [9.17, 15) is 13.2 Å². The number of aryl methyl sites for hydroxylation is 1. The second kappa shape index (κ2) is 4.74. The Labute approximate surface area is 107 Å². The lowest BCUT2D eigenvalue weighted by atomic mass is 9.97. The number of alkyl halides is 3. The fourth-order valence-corrected chi connectivity index (χ4v) is 2.64. The molecule has 1 heterocycles. The summed E-state index contributed by atoms with van der Waals surface area (Å²) in [5.74, 6) is 0. The summed E-state index contributed by atoms with van der Waals surface area (Å²) >= 11 is 1.37. The van der Waals surface area contributed by atoms with E-state index in [4.69, 9.17) is 5.11 Å². The predicted octanol–water partition coefficient (Wildman–Crippen LogP) is 4.23. The van der Waals surface area contributed by atoms with Crippen LogP contribution in [0.3, 0.4) is 0 Å². The first-order chi connectivity index (χ1) is 8.43. The Balaban J connectivity index is 2.64. The molecule has 0 radical (unpaired) electrons. The van der Waals surface area contributed by atoms with Crippen LogP contribution >= 0.6 is 11.3 Å². The van der Waals surface area contributed by atoms with Crippen LogP contribution in [0.2, 0.25) is 0 Å². The average Bonchev–Trinajstić information content (AvgIpc) is 2.73. The van der Waals surface area contributed by atoms with Crippen molar-refractivity contribution in [3.8, 4) is 11.1 Å². The number of hydrogen-bond donors (Lipinski definition) is 1. The molecule has 2 rings (SSSR count). The van der Waals surface area contributed by atoms with Crippen LogP contribution in [-0.2, 0) is 12.8 Å². The lowest BCUT2D eigenvalue weighted by Crippen LogP contribution is -2.08. The largest absolute Gasteiger partial charge is 0.417 e. The van der Waals surface area contributed by atoms with E-state index in [1.165, 1.54) is 23.5 Å². The van der Waals surface area contributed by atoms with Gasteiger partial charge in [-0.1, -0.05) is 12.1 Å². The van der Waals surface area contributed by atoms with E-state index in [-0.39, 0.29) is 11.1 Å². The van der Waals surface area contributed by atoms with Gasteiger partial charge in [0.25, 0.3) is 0 Å². The Kier molecular flexibility index (Phi) is 3.45. The van der Waals surface area contributed by atoms with Crippen molar-refractivity contribution < 1.29 is 18.3 Å². The van der Waals surface area contributed by atoms with Crippen molar-refractivity contribution in [2.45, 2.75) is 19.7 Å². The van der Waals surface area contributed by atoms with Gasteiger partial charge in [-0.25, -0.2) is 0 Å². The van der Waals surface area contributed by atoms with Gasteiger partial charge in [-0.2, -0.15) is 24.5 Å². The van der Waals surface area contributed by atoms with Crippen molar-refractivity contribution in [3.05, 3.63) is 45.6 Å². The van der Waals surface area contributed by atoms with Gasteiger partial charge in [-0.3, -0.25) is 0 Å². The van der Waals surface area contributed by atoms with Crippen LogP contribution in [0.4, 0.5) is 13.2 Å². The molecule has 0 atom stereocenters. The second-order valence-corrected chi connectivity index (χ2v) is 4.75. The fourth-order valence-electron chi connectivity index (χ4n) is 1.80. The first-order valence-corrected chi connectivity index (χ1v) is 6.22. The van der Waals surface area contributed by atoms with Gasteiger partial charge in [0, 0.05) is 0 Å². The summed E-state index contributed by atoms with van der Waals surface area (Å²) in [6.07, 6.45) is -4.42. The third-order valence-electron chi connectivity index (χ3n) is 2.72. The molecule has 0 unspecified atom stereocenters. The lowest BCUT2D eigenvalue weighted by Gasteiger charge is -2.14. The number of halogens is 3. The molecule has 2 aromatic rings. The van der Waals surface area contributed by atoms with Gasteiger partial charge in [0.15, 0.2) is 0 Å². The van der Waals surface area contributed by atoms with Gasteiger partial charge in [0.1, 0.15) is 0 Å². The van der Waals surface area contributed by atoms with Crippen molar-refractivity contribution in [2.75, 3.05) is 0 Å². The first-order valence-electron chi connectivity index (χ1n) is 5.27. The maximum atomic E-state index is 13.0. The monoisotopic (exact) mass is 272 g/mol. The van der Waals surface area contributed by atoms with Crippen molar-refractivity contribution in [2.24, 2.45) is 0 Å². The van der Waals surface area contributed by atoms with Gasteiger partial charge in [0.05, 0.1) is 12.2 Å². The van der Waals surface area contributed by atoms with Crippen LogP contribution < -0.4 is 0 Å². The highest BCUT2D eigenvalue weighted by Gasteiger charge is 2.34. The van der Waals surface area contributed by atoms with Crippen LogP contribution in [-0.4, -0.2) is 5.11 Å². The Hall–Kier alpha value is -1.33. The molecule has 96 valence electrons.